The number of amides is 1. The summed E-state index contributed by atoms with van der Waals surface area (Å²) >= 11 is 0. The molecule has 0 radical (unpaired) electrons. The number of carbonyl (C=O) groups is 1. The molecule has 24 heavy (non-hydrogen) atoms. The molecule has 1 aromatic carbocycles. The molecule has 138 valence electrons. The van der Waals surface area contributed by atoms with Crippen molar-refractivity contribution in [3.05, 3.63) is 29.6 Å². The third-order valence-corrected chi connectivity index (χ3v) is 4.23. The maximum atomic E-state index is 13.2. The second kappa shape index (κ2) is 10.7. The number of rotatable bonds is 5. The molecule has 1 fully saturated rings. The van der Waals surface area contributed by atoms with Crippen molar-refractivity contribution in [3.8, 4) is 0 Å². The van der Waals surface area contributed by atoms with Crippen LogP contribution >= 0.6 is 24.8 Å². The van der Waals surface area contributed by atoms with E-state index in [0.717, 1.165) is 37.2 Å². The quantitative estimate of drug-likeness (QED) is 0.826. The fourth-order valence-electron chi connectivity index (χ4n) is 3.03. The molecule has 0 saturated carbocycles. The second-order valence-electron chi connectivity index (χ2n) is 6.18. The summed E-state index contributed by atoms with van der Waals surface area (Å²) < 4.78 is 13.2. The van der Waals surface area contributed by atoms with Crippen molar-refractivity contribution in [2.45, 2.75) is 32.7 Å². The van der Waals surface area contributed by atoms with Gasteiger partial charge in [-0.3, -0.25) is 4.79 Å². The summed E-state index contributed by atoms with van der Waals surface area (Å²) in [4.78, 5) is 14.4. The number of halogens is 3. The number of hydrogen-bond donors (Lipinski definition) is 2. The Morgan fingerprint density at radius 3 is 2.75 bits per heavy atom. The average molecular weight is 380 g/mol. The van der Waals surface area contributed by atoms with Gasteiger partial charge in [-0.25, -0.2) is 4.39 Å². The van der Waals surface area contributed by atoms with Gasteiger partial charge >= 0.3 is 0 Å². The molecule has 2 atom stereocenters. The Labute approximate surface area is 156 Å². The van der Waals surface area contributed by atoms with Crippen LogP contribution in [0.4, 0.5) is 10.1 Å². The normalized spacial score (nSPS) is 18.2. The van der Waals surface area contributed by atoms with Crippen LogP contribution in [0.25, 0.3) is 0 Å². The summed E-state index contributed by atoms with van der Waals surface area (Å²) in [7, 11) is 1.85. The molecule has 0 aliphatic carbocycles. The molecule has 0 bridgehead atoms. The Bertz CT molecular complexity index is 531. The van der Waals surface area contributed by atoms with E-state index >= 15 is 0 Å². The number of carbonyl (C=O) groups excluding carboxylic acids is 1. The summed E-state index contributed by atoms with van der Waals surface area (Å²) in [5, 5.41) is 6.17. The fraction of sp³-hybridized carbons (Fsp3) is 0.588. The topological polar surface area (TPSA) is 44.4 Å². The Kier molecular flexibility index (Phi) is 10.3. The van der Waals surface area contributed by atoms with Crippen molar-refractivity contribution >= 4 is 36.4 Å². The van der Waals surface area contributed by atoms with Crippen LogP contribution in [0.3, 0.4) is 0 Å². The first-order valence-electron chi connectivity index (χ1n) is 7.97. The minimum atomic E-state index is -0.205. The first-order valence-corrected chi connectivity index (χ1v) is 7.97. The van der Waals surface area contributed by atoms with E-state index in [-0.39, 0.29) is 48.5 Å². The van der Waals surface area contributed by atoms with E-state index in [2.05, 4.69) is 15.5 Å². The Hall–Kier alpha value is -1.04. The van der Waals surface area contributed by atoms with Gasteiger partial charge in [0.1, 0.15) is 5.82 Å². The van der Waals surface area contributed by atoms with Gasteiger partial charge in [0.2, 0.25) is 5.91 Å². The van der Waals surface area contributed by atoms with Gasteiger partial charge in [0, 0.05) is 37.3 Å². The van der Waals surface area contributed by atoms with E-state index < -0.39 is 0 Å². The number of hydrogen-bond acceptors (Lipinski definition) is 3. The lowest BCUT2D eigenvalue weighted by Crippen LogP contribution is -2.50. The highest BCUT2D eigenvalue weighted by molar-refractivity contribution is 5.85. The molecule has 0 aromatic heterocycles. The van der Waals surface area contributed by atoms with Gasteiger partial charge in [0.05, 0.1) is 0 Å². The van der Waals surface area contributed by atoms with Crippen molar-refractivity contribution in [1.29, 1.82) is 0 Å². The monoisotopic (exact) mass is 379 g/mol. The zero-order chi connectivity index (χ0) is 16.1. The van der Waals surface area contributed by atoms with Gasteiger partial charge < -0.3 is 15.5 Å². The standard InChI is InChI=1S/C17H26FN3O.2ClH/c1-12-9-14(18)6-7-16(12)21-8-4-5-15(11-21)20-17(22)13(2)10-19-3;;/h6-7,9,13,15,19H,4-5,8,10-11H2,1-3H3,(H,20,22);2*1H. The SMILES string of the molecule is CNCC(C)C(=O)NC1CCCN(c2ccc(F)cc2C)C1.Cl.Cl. The maximum Gasteiger partial charge on any atom is 0.224 e. The maximum absolute atomic E-state index is 13.2. The highest BCUT2D eigenvalue weighted by Crippen LogP contribution is 2.24. The van der Waals surface area contributed by atoms with E-state index in [4.69, 9.17) is 0 Å². The minimum absolute atomic E-state index is 0. The molecular formula is C17H28Cl2FN3O. The van der Waals surface area contributed by atoms with Crippen molar-refractivity contribution in [3.63, 3.8) is 0 Å². The molecule has 0 spiro atoms. The van der Waals surface area contributed by atoms with Crippen molar-refractivity contribution in [2.75, 3.05) is 31.6 Å². The van der Waals surface area contributed by atoms with Crippen LogP contribution in [0.1, 0.15) is 25.3 Å². The van der Waals surface area contributed by atoms with Crippen LogP contribution in [-0.4, -0.2) is 38.6 Å². The highest BCUT2D eigenvalue weighted by Gasteiger charge is 2.24. The Morgan fingerprint density at radius 1 is 1.42 bits per heavy atom. The van der Waals surface area contributed by atoms with E-state index in [1.807, 2.05) is 27.0 Å². The predicted octanol–water partition coefficient (Wildman–Crippen LogP) is 2.92. The largest absolute Gasteiger partial charge is 0.369 e. The number of nitrogens with one attached hydrogen (secondary N) is 2. The fourth-order valence-corrected chi connectivity index (χ4v) is 3.03. The highest BCUT2D eigenvalue weighted by atomic mass is 35.5. The zero-order valence-corrected chi connectivity index (χ0v) is 16.1. The smallest absolute Gasteiger partial charge is 0.224 e. The third-order valence-electron chi connectivity index (χ3n) is 4.23. The molecule has 1 aliphatic rings. The first kappa shape index (κ1) is 23.0. The predicted molar refractivity (Wildman–Crippen MR) is 102 cm³/mol. The van der Waals surface area contributed by atoms with Crippen molar-refractivity contribution in [2.24, 2.45) is 5.92 Å². The first-order chi connectivity index (χ1) is 10.5. The van der Waals surface area contributed by atoms with Gasteiger partial charge in [-0.2, -0.15) is 0 Å². The summed E-state index contributed by atoms with van der Waals surface area (Å²) in [6, 6.07) is 5.05. The molecular weight excluding hydrogens is 352 g/mol. The number of piperidine rings is 1. The summed E-state index contributed by atoms with van der Waals surface area (Å²) in [5.74, 6) is -0.144. The average Bonchev–Trinajstić information content (AvgIpc) is 2.47. The van der Waals surface area contributed by atoms with Crippen molar-refractivity contribution < 1.29 is 9.18 Å². The van der Waals surface area contributed by atoms with Gasteiger partial charge in [-0.05, 0) is 50.6 Å². The van der Waals surface area contributed by atoms with E-state index in [1.165, 1.54) is 6.07 Å². The molecule has 1 aromatic rings. The minimum Gasteiger partial charge on any atom is -0.369 e. The molecule has 1 heterocycles. The number of nitrogens with zero attached hydrogens (tertiary/aromatic N) is 1. The zero-order valence-electron chi connectivity index (χ0n) is 14.5. The molecule has 1 saturated heterocycles. The molecule has 1 aliphatic heterocycles. The molecule has 4 nitrogen and oxygen atoms in total. The number of anilines is 1. The summed E-state index contributed by atoms with van der Waals surface area (Å²) in [5.41, 5.74) is 2.00. The van der Waals surface area contributed by atoms with Crippen LogP contribution in [0.2, 0.25) is 0 Å². The van der Waals surface area contributed by atoms with Crippen LogP contribution < -0.4 is 15.5 Å². The van der Waals surface area contributed by atoms with E-state index in [9.17, 15) is 9.18 Å². The molecule has 2 unspecified atom stereocenters. The van der Waals surface area contributed by atoms with Crippen LogP contribution in [0.15, 0.2) is 18.2 Å². The van der Waals surface area contributed by atoms with Gasteiger partial charge in [-0.1, -0.05) is 6.92 Å². The Balaban J connectivity index is 0.00000264. The molecule has 1 amide bonds. The number of aryl methyl sites for hydroxylation is 1. The van der Waals surface area contributed by atoms with E-state index in [1.54, 1.807) is 6.07 Å². The van der Waals surface area contributed by atoms with E-state index in [0.29, 0.717) is 6.54 Å². The molecule has 2 rings (SSSR count). The lowest BCUT2D eigenvalue weighted by Gasteiger charge is -2.36. The summed E-state index contributed by atoms with van der Waals surface area (Å²) in [6.45, 7) is 6.26. The van der Waals surface area contributed by atoms with Gasteiger partial charge in [-0.15, -0.1) is 24.8 Å². The molecule has 7 heteroatoms. The van der Waals surface area contributed by atoms with Crippen LogP contribution in [0.5, 0.6) is 0 Å². The lowest BCUT2D eigenvalue weighted by molar-refractivity contribution is -0.125. The molecule has 2 N–H and O–H groups in total. The second-order valence-corrected chi connectivity index (χ2v) is 6.18. The Morgan fingerprint density at radius 2 is 2.12 bits per heavy atom. The summed E-state index contributed by atoms with van der Waals surface area (Å²) in [6.07, 6.45) is 2.02. The van der Waals surface area contributed by atoms with Crippen LogP contribution in [0, 0.1) is 18.7 Å². The lowest BCUT2D eigenvalue weighted by atomic mass is 10.0. The van der Waals surface area contributed by atoms with Gasteiger partial charge in [0.25, 0.3) is 0 Å². The van der Waals surface area contributed by atoms with Gasteiger partial charge in [0.15, 0.2) is 0 Å². The number of benzene rings is 1. The van der Waals surface area contributed by atoms with Crippen LogP contribution in [-0.2, 0) is 4.79 Å². The third kappa shape index (κ3) is 6.11. The van der Waals surface area contributed by atoms with Crippen molar-refractivity contribution in [1.82, 2.24) is 10.6 Å².